The van der Waals surface area contributed by atoms with Crippen molar-refractivity contribution in [1.29, 1.82) is 0 Å². The standard InChI is InChI=1S/C26H37N3O4S/c1-7-8-16-27-26(31)22(5)28(17-23-14-12-19(2)13-15-23)25(30)18-29(34(6,32)33)24-11-9-10-20(3)21(24)4/h9-15,22H,7-8,16-18H2,1-6H3,(H,27,31)/t22-/m1/s1. The van der Waals surface area contributed by atoms with Gasteiger partial charge in [0.25, 0.3) is 0 Å². The molecule has 0 saturated heterocycles. The summed E-state index contributed by atoms with van der Waals surface area (Å²) in [7, 11) is -3.74. The van der Waals surface area contributed by atoms with Gasteiger partial charge in [-0.2, -0.15) is 0 Å². The van der Waals surface area contributed by atoms with Gasteiger partial charge in [-0.1, -0.05) is 55.3 Å². The van der Waals surface area contributed by atoms with Crippen LogP contribution in [0, 0.1) is 20.8 Å². The zero-order valence-corrected chi connectivity index (χ0v) is 21.9. The first-order valence-electron chi connectivity index (χ1n) is 11.6. The molecule has 0 aliphatic heterocycles. The van der Waals surface area contributed by atoms with Crippen molar-refractivity contribution in [2.75, 3.05) is 23.7 Å². The zero-order valence-electron chi connectivity index (χ0n) is 21.1. The summed E-state index contributed by atoms with van der Waals surface area (Å²) < 4.78 is 26.5. The molecule has 2 rings (SSSR count). The molecule has 2 amide bonds. The second kappa shape index (κ2) is 12.0. The van der Waals surface area contributed by atoms with Crippen molar-refractivity contribution in [3.05, 3.63) is 64.7 Å². The number of amides is 2. The maximum atomic E-state index is 13.6. The third kappa shape index (κ3) is 7.32. The molecule has 8 heteroatoms. The number of anilines is 1. The summed E-state index contributed by atoms with van der Waals surface area (Å²) in [5.74, 6) is -0.698. The first-order chi connectivity index (χ1) is 16.0. The van der Waals surface area contributed by atoms with Crippen LogP contribution < -0.4 is 9.62 Å². The molecular weight excluding hydrogens is 450 g/mol. The Morgan fingerprint density at radius 1 is 1.03 bits per heavy atom. The summed E-state index contributed by atoms with van der Waals surface area (Å²) in [5.41, 5.74) is 4.14. The summed E-state index contributed by atoms with van der Waals surface area (Å²) in [6, 6.07) is 12.3. The molecule has 0 aliphatic carbocycles. The van der Waals surface area contributed by atoms with Gasteiger partial charge in [0.2, 0.25) is 21.8 Å². The van der Waals surface area contributed by atoms with E-state index in [4.69, 9.17) is 0 Å². The van der Waals surface area contributed by atoms with Crippen molar-refractivity contribution in [2.45, 2.75) is 60.0 Å². The largest absolute Gasteiger partial charge is 0.354 e. The highest BCUT2D eigenvalue weighted by molar-refractivity contribution is 7.92. The van der Waals surface area contributed by atoms with E-state index in [1.165, 1.54) is 4.90 Å². The maximum Gasteiger partial charge on any atom is 0.244 e. The minimum absolute atomic E-state index is 0.200. The van der Waals surface area contributed by atoms with E-state index in [0.29, 0.717) is 12.2 Å². The molecule has 186 valence electrons. The maximum absolute atomic E-state index is 13.6. The van der Waals surface area contributed by atoms with Crippen LogP contribution in [0.3, 0.4) is 0 Å². The van der Waals surface area contributed by atoms with Crippen molar-refractivity contribution in [2.24, 2.45) is 0 Å². The predicted molar refractivity (Wildman–Crippen MR) is 137 cm³/mol. The summed E-state index contributed by atoms with van der Waals surface area (Å²) in [6.07, 6.45) is 2.88. The van der Waals surface area contributed by atoms with Crippen LogP contribution >= 0.6 is 0 Å². The topological polar surface area (TPSA) is 86.8 Å². The lowest BCUT2D eigenvalue weighted by Crippen LogP contribution is -2.51. The van der Waals surface area contributed by atoms with Crippen LogP contribution in [0.25, 0.3) is 0 Å². The first kappa shape index (κ1) is 27.4. The number of nitrogens with one attached hydrogen (secondary N) is 1. The minimum Gasteiger partial charge on any atom is -0.354 e. The Kier molecular flexibility index (Phi) is 9.67. The Labute approximate surface area is 204 Å². The van der Waals surface area contributed by atoms with E-state index < -0.39 is 22.0 Å². The fraction of sp³-hybridized carbons (Fsp3) is 0.462. The predicted octanol–water partition coefficient (Wildman–Crippen LogP) is 3.71. The van der Waals surface area contributed by atoms with Crippen LogP contribution in [0.15, 0.2) is 42.5 Å². The molecule has 1 atom stereocenters. The summed E-state index contributed by atoms with van der Waals surface area (Å²) in [4.78, 5) is 27.8. The Hall–Kier alpha value is -2.87. The normalized spacial score (nSPS) is 12.2. The Morgan fingerprint density at radius 3 is 2.26 bits per heavy atom. The van der Waals surface area contributed by atoms with Crippen LogP contribution in [0.2, 0.25) is 0 Å². The fourth-order valence-electron chi connectivity index (χ4n) is 3.61. The van der Waals surface area contributed by atoms with Crippen LogP contribution in [0.1, 0.15) is 48.9 Å². The van der Waals surface area contributed by atoms with Gasteiger partial charge in [-0.05, 0) is 56.9 Å². The number of rotatable bonds is 11. The molecule has 0 heterocycles. The second-order valence-electron chi connectivity index (χ2n) is 8.82. The van der Waals surface area contributed by atoms with Crippen LogP contribution in [-0.4, -0.2) is 50.5 Å². The number of carbonyl (C=O) groups is 2. The molecule has 0 unspecified atom stereocenters. The molecule has 0 radical (unpaired) electrons. The lowest BCUT2D eigenvalue weighted by molar-refractivity contribution is -0.139. The summed E-state index contributed by atoms with van der Waals surface area (Å²) >= 11 is 0. The fourth-order valence-corrected chi connectivity index (χ4v) is 4.51. The minimum atomic E-state index is -3.74. The van der Waals surface area contributed by atoms with Gasteiger partial charge in [-0.25, -0.2) is 8.42 Å². The number of aryl methyl sites for hydroxylation is 2. The van der Waals surface area contributed by atoms with Crippen LogP contribution in [0.4, 0.5) is 5.69 Å². The molecule has 7 nitrogen and oxygen atoms in total. The molecule has 0 aliphatic rings. The van der Waals surface area contributed by atoms with Crippen LogP contribution in [0.5, 0.6) is 0 Å². The van der Waals surface area contributed by atoms with E-state index >= 15 is 0 Å². The van der Waals surface area contributed by atoms with Gasteiger partial charge < -0.3 is 10.2 Å². The Balaban J connectivity index is 2.38. The second-order valence-corrected chi connectivity index (χ2v) is 10.7. The number of hydrogen-bond donors (Lipinski definition) is 1. The van der Waals surface area contributed by atoms with Gasteiger partial charge in [-0.3, -0.25) is 13.9 Å². The average Bonchev–Trinajstić information content (AvgIpc) is 2.78. The van der Waals surface area contributed by atoms with Gasteiger partial charge in [0, 0.05) is 13.1 Å². The SMILES string of the molecule is CCCCNC(=O)[C@@H](C)N(Cc1ccc(C)cc1)C(=O)CN(c1cccc(C)c1C)S(C)(=O)=O. The molecule has 0 saturated carbocycles. The molecular formula is C26H37N3O4S. The molecule has 34 heavy (non-hydrogen) atoms. The number of sulfonamides is 1. The van der Waals surface area contributed by atoms with Crippen molar-refractivity contribution in [1.82, 2.24) is 10.2 Å². The number of hydrogen-bond acceptors (Lipinski definition) is 4. The quantitative estimate of drug-likeness (QED) is 0.490. The monoisotopic (exact) mass is 487 g/mol. The lowest BCUT2D eigenvalue weighted by Gasteiger charge is -2.32. The highest BCUT2D eigenvalue weighted by Gasteiger charge is 2.30. The van der Waals surface area contributed by atoms with Gasteiger partial charge in [0.15, 0.2) is 0 Å². The third-order valence-corrected chi connectivity index (χ3v) is 7.12. The van der Waals surface area contributed by atoms with Gasteiger partial charge in [0.05, 0.1) is 11.9 Å². The number of nitrogens with zero attached hydrogens (tertiary/aromatic N) is 2. The molecule has 1 N–H and O–H groups in total. The molecule has 2 aromatic rings. The highest BCUT2D eigenvalue weighted by atomic mass is 32.2. The smallest absolute Gasteiger partial charge is 0.244 e. The molecule has 0 spiro atoms. The van der Waals surface area contributed by atoms with E-state index in [1.807, 2.05) is 58.0 Å². The first-order valence-corrected chi connectivity index (χ1v) is 13.5. The molecule has 0 bridgehead atoms. The molecule has 0 fully saturated rings. The van der Waals surface area contributed by atoms with Crippen molar-refractivity contribution in [3.8, 4) is 0 Å². The lowest BCUT2D eigenvalue weighted by atomic mass is 10.1. The van der Waals surface area contributed by atoms with E-state index in [1.54, 1.807) is 19.1 Å². The summed E-state index contributed by atoms with van der Waals surface area (Å²) in [6.45, 7) is 9.77. The van der Waals surface area contributed by atoms with Crippen LogP contribution in [-0.2, 0) is 26.2 Å². The zero-order chi connectivity index (χ0) is 25.5. The van der Waals surface area contributed by atoms with Gasteiger partial charge >= 0.3 is 0 Å². The van der Waals surface area contributed by atoms with E-state index in [9.17, 15) is 18.0 Å². The van der Waals surface area contributed by atoms with Gasteiger partial charge in [-0.15, -0.1) is 0 Å². The molecule has 0 aromatic heterocycles. The number of benzene rings is 2. The number of unbranched alkanes of at least 4 members (excludes halogenated alkanes) is 1. The highest BCUT2D eigenvalue weighted by Crippen LogP contribution is 2.25. The average molecular weight is 488 g/mol. The number of carbonyl (C=O) groups excluding carboxylic acids is 2. The van der Waals surface area contributed by atoms with E-state index in [-0.39, 0.29) is 19.0 Å². The summed E-state index contributed by atoms with van der Waals surface area (Å²) in [5, 5.41) is 2.88. The van der Waals surface area contributed by atoms with Crippen molar-refractivity contribution in [3.63, 3.8) is 0 Å². The van der Waals surface area contributed by atoms with Crippen molar-refractivity contribution >= 4 is 27.5 Å². The van der Waals surface area contributed by atoms with E-state index in [2.05, 4.69) is 5.32 Å². The molecule has 2 aromatic carbocycles. The van der Waals surface area contributed by atoms with E-state index in [0.717, 1.165) is 45.7 Å². The Morgan fingerprint density at radius 2 is 1.68 bits per heavy atom. The van der Waals surface area contributed by atoms with Crippen molar-refractivity contribution < 1.29 is 18.0 Å². The third-order valence-electron chi connectivity index (χ3n) is 5.99. The van der Waals surface area contributed by atoms with Gasteiger partial charge in [0.1, 0.15) is 12.6 Å². The Bertz CT molecular complexity index is 1100.